The summed E-state index contributed by atoms with van der Waals surface area (Å²) in [4.78, 5) is 1.33. The Bertz CT molecular complexity index is 537. The Morgan fingerprint density at radius 1 is 1.05 bits per heavy atom. The molecule has 0 heterocycles. The number of thioether (sulfide) groups is 1. The standard InChI is InChI=1S/C17H22N2S/c1-13-7-9-15(10-8-13)11-16(19-18)12-20-17-6-4-3-5-14(17)2/h3-10,16,19H,11-12,18H2,1-2H3. The lowest BCUT2D eigenvalue weighted by atomic mass is 10.1. The molecule has 0 aliphatic carbocycles. The van der Waals surface area contributed by atoms with Crippen LogP contribution in [0.1, 0.15) is 16.7 Å². The second-order valence-corrected chi connectivity index (χ2v) is 6.19. The van der Waals surface area contributed by atoms with E-state index in [-0.39, 0.29) is 6.04 Å². The molecular formula is C17H22N2S. The van der Waals surface area contributed by atoms with Crippen LogP contribution in [0.4, 0.5) is 0 Å². The van der Waals surface area contributed by atoms with Gasteiger partial charge >= 0.3 is 0 Å². The predicted octanol–water partition coefficient (Wildman–Crippen LogP) is 3.47. The highest BCUT2D eigenvalue weighted by Crippen LogP contribution is 2.23. The minimum absolute atomic E-state index is 0.280. The molecule has 0 bridgehead atoms. The van der Waals surface area contributed by atoms with Gasteiger partial charge in [0.05, 0.1) is 0 Å². The molecule has 2 nitrogen and oxygen atoms in total. The third-order valence-electron chi connectivity index (χ3n) is 3.37. The molecule has 3 N–H and O–H groups in total. The van der Waals surface area contributed by atoms with Gasteiger partial charge in [-0.05, 0) is 37.5 Å². The smallest absolute Gasteiger partial charge is 0.0344 e. The molecule has 0 fully saturated rings. The van der Waals surface area contributed by atoms with Gasteiger partial charge in [0.1, 0.15) is 0 Å². The van der Waals surface area contributed by atoms with E-state index in [1.54, 1.807) is 0 Å². The molecule has 20 heavy (non-hydrogen) atoms. The summed E-state index contributed by atoms with van der Waals surface area (Å²) in [6, 6.07) is 17.4. The highest BCUT2D eigenvalue weighted by Gasteiger charge is 2.09. The van der Waals surface area contributed by atoms with Crippen molar-refractivity contribution in [1.29, 1.82) is 0 Å². The first-order valence-electron chi connectivity index (χ1n) is 6.89. The molecule has 3 heteroatoms. The van der Waals surface area contributed by atoms with Crippen molar-refractivity contribution in [3.63, 3.8) is 0 Å². The van der Waals surface area contributed by atoms with Crippen molar-refractivity contribution in [2.24, 2.45) is 5.84 Å². The van der Waals surface area contributed by atoms with E-state index in [0.29, 0.717) is 0 Å². The zero-order valence-electron chi connectivity index (χ0n) is 12.1. The lowest BCUT2D eigenvalue weighted by molar-refractivity contribution is 0.575. The number of benzene rings is 2. The van der Waals surface area contributed by atoms with Crippen molar-refractivity contribution in [2.75, 3.05) is 5.75 Å². The average molecular weight is 286 g/mol. The Morgan fingerprint density at radius 2 is 1.75 bits per heavy atom. The molecule has 2 rings (SSSR count). The molecule has 0 aliphatic heterocycles. The zero-order valence-corrected chi connectivity index (χ0v) is 12.9. The SMILES string of the molecule is Cc1ccc(CC(CSc2ccccc2C)NN)cc1. The fourth-order valence-corrected chi connectivity index (χ4v) is 3.15. The largest absolute Gasteiger partial charge is 0.271 e. The van der Waals surface area contributed by atoms with Gasteiger partial charge in [0.2, 0.25) is 0 Å². The van der Waals surface area contributed by atoms with Crippen molar-refractivity contribution < 1.29 is 0 Å². The first-order chi connectivity index (χ1) is 9.69. The summed E-state index contributed by atoms with van der Waals surface area (Å²) in [5.74, 6) is 6.66. The first kappa shape index (κ1) is 15.1. The van der Waals surface area contributed by atoms with Crippen LogP contribution in [0.3, 0.4) is 0 Å². The van der Waals surface area contributed by atoms with Crippen molar-refractivity contribution in [3.05, 3.63) is 65.2 Å². The van der Waals surface area contributed by atoms with Crippen LogP contribution < -0.4 is 11.3 Å². The molecule has 0 spiro atoms. The quantitative estimate of drug-likeness (QED) is 0.485. The summed E-state index contributed by atoms with van der Waals surface area (Å²) < 4.78 is 0. The van der Waals surface area contributed by atoms with E-state index < -0.39 is 0 Å². The lowest BCUT2D eigenvalue weighted by Crippen LogP contribution is -2.38. The number of rotatable bonds is 6. The van der Waals surface area contributed by atoms with Gasteiger partial charge in [-0.2, -0.15) is 0 Å². The van der Waals surface area contributed by atoms with E-state index in [2.05, 4.69) is 67.8 Å². The summed E-state index contributed by atoms with van der Waals surface area (Å²) in [6.07, 6.45) is 0.954. The van der Waals surface area contributed by atoms with Crippen LogP contribution >= 0.6 is 11.8 Å². The van der Waals surface area contributed by atoms with Crippen molar-refractivity contribution in [1.82, 2.24) is 5.43 Å². The van der Waals surface area contributed by atoms with E-state index in [9.17, 15) is 0 Å². The Kier molecular flexibility index (Phi) is 5.65. The van der Waals surface area contributed by atoms with Crippen LogP contribution in [0, 0.1) is 13.8 Å². The fraction of sp³-hybridized carbons (Fsp3) is 0.294. The second-order valence-electron chi connectivity index (χ2n) is 5.13. The van der Waals surface area contributed by atoms with Crippen molar-refractivity contribution in [3.8, 4) is 0 Å². The number of aryl methyl sites for hydroxylation is 2. The normalized spacial score (nSPS) is 12.3. The number of hydrogen-bond donors (Lipinski definition) is 2. The van der Waals surface area contributed by atoms with Crippen LogP contribution in [0.15, 0.2) is 53.4 Å². The Hall–Kier alpha value is -1.29. The van der Waals surface area contributed by atoms with Gasteiger partial charge in [-0.25, -0.2) is 0 Å². The van der Waals surface area contributed by atoms with E-state index in [1.807, 2.05) is 11.8 Å². The van der Waals surface area contributed by atoms with Gasteiger partial charge in [-0.3, -0.25) is 11.3 Å². The van der Waals surface area contributed by atoms with Gasteiger partial charge in [0.15, 0.2) is 0 Å². The topological polar surface area (TPSA) is 38.0 Å². The number of nitrogens with one attached hydrogen (secondary N) is 1. The highest BCUT2D eigenvalue weighted by molar-refractivity contribution is 7.99. The predicted molar refractivity (Wildman–Crippen MR) is 87.9 cm³/mol. The molecule has 2 aromatic rings. The van der Waals surface area contributed by atoms with E-state index >= 15 is 0 Å². The molecule has 106 valence electrons. The fourth-order valence-electron chi connectivity index (χ4n) is 2.08. The maximum atomic E-state index is 5.69. The molecule has 1 unspecified atom stereocenters. The van der Waals surface area contributed by atoms with Crippen LogP contribution in [0.5, 0.6) is 0 Å². The summed E-state index contributed by atoms with van der Waals surface area (Å²) in [5, 5.41) is 0. The van der Waals surface area contributed by atoms with Gasteiger partial charge in [0.25, 0.3) is 0 Å². The zero-order chi connectivity index (χ0) is 14.4. The maximum Gasteiger partial charge on any atom is 0.0344 e. The molecule has 0 aliphatic rings. The van der Waals surface area contributed by atoms with Crippen LogP contribution in [0.2, 0.25) is 0 Å². The molecule has 0 saturated heterocycles. The maximum absolute atomic E-state index is 5.69. The van der Waals surface area contributed by atoms with E-state index in [4.69, 9.17) is 5.84 Å². The van der Waals surface area contributed by atoms with Gasteiger partial charge in [-0.15, -0.1) is 11.8 Å². The lowest BCUT2D eigenvalue weighted by Gasteiger charge is -2.16. The number of nitrogens with two attached hydrogens (primary N) is 1. The van der Waals surface area contributed by atoms with Gasteiger partial charge in [0, 0.05) is 16.7 Å². The van der Waals surface area contributed by atoms with Crippen molar-refractivity contribution in [2.45, 2.75) is 31.2 Å². The summed E-state index contributed by atoms with van der Waals surface area (Å²) >= 11 is 1.86. The van der Waals surface area contributed by atoms with Crippen LogP contribution in [-0.4, -0.2) is 11.8 Å². The molecule has 2 aromatic carbocycles. The third-order valence-corrected chi connectivity index (χ3v) is 4.71. The van der Waals surface area contributed by atoms with Crippen molar-refractivity contribution >= 4 is 11.8 Å². The number of hydrazine groups is 1. The molecule has 1 atom stereocenters. The molecule has 0 radical (unpaired) electrons. The van der Waals surface area contributed by atoms with Gasteiger partial charge < -0.3 is 0 Å². The Morgan fingerprint density at radius 3 is 2.40 bits per heavy atom. The summed E-state index contributed by atoms with van der Waals surface area (Å²) in [5.41, 5.74) is 6.87. The molecule has 0 amide bonds. The Balaban J connectivity index is 1.92. The van der Waals surface area contributed by atoms with E-state index in [1.165, 1.54) is 21.6 Å². The second kappa shape index (κ2) is 7.48. The third kappa shape index (κ3) is 4.37. The average Bonchev–Trinajstić information content (AvgIpc) is 2.47. The van der Waals surface area contributed by atoms with E-state index in [0.717, 1.165) is 12.2 Å². The monoisotopic (exact) mass is 286 g/mol. The molecular weight excluding hydrogens is 264 g/mol. The van der Waals surface area contributed by atoms with Crippen LogP contribution in [-0.2, 0) is 6.42 Å². The first-order valence-corrected chi connectivity index (χ1v) is 7.87. The summed E-state index contributed by atoms with van der Waals surface area (Å²) in [6.45, 7) is 4.25. The minimum atomic E-state index is 0.280. The minimum Gasteiger partial charge on any atom is -0.271 e. The Labute approximate surface area is 125 Å². The van der Waals surface area contributed by atoms with Gasteiger partial charge in [-0.1, -0.05) is 48.0 Å². The number of hydrogen-bond acceptors (Lipinski definition) is 3. The highest BCUT2D eigenvalue weighted by atomic mass is 32.2. The summed E-state index contributed by atoms with van der Waals surface area (Å²) in [7, 11) is 0. The molecule has 0 saturated carbocycles. The van der Waals surface area contributed by atoms with Crippen LogP contribution in [0.25, 0.3) is 0 Å². The molecule has 0 aromatic heterocycles.